The van der Waals surface area contributed by atoms with Gasteiger partial charge in [-0.15, -0.1) is 0 Å². The number of rotatable bonds is 4. The Hall–Kier alpha value is -1.40. The Balaban J connectivity index is 1.99. The summed E-state index contributed by atoms with van der Waals surface area (Å²) in [6.07, 6.45) is 3.91. The van der Waals surface area contributed by atoms with Gasteiger partial charge in [0.1, 0.15) is 0 Å². The van der Waals surface area contributed by atoms with Crippen molar-refractivity contribution in [2.75, 3.05) is 7.05 Å². The van der Waals surface area contributed by atoms with E-state index in [0.29, 0.717) is 0 Å². The summed E-state index contributed by atoms with van der Waals surface area (Å²) in [5.74, 6) is 0. The van der Waals surface area contributed by atoms with Gasteiger partial charge in [-0.2, -0.15) is 4.37 Å². The number of benzene rings is 1. The molecule has 1 aliphatic rings. The summed E-state index contributed by atoms with van der Waals surface area (Å²) < 4.78 is 5.60. The average molecular weight is 409 g/mol. The fraction of sp³-hybridized carbons (Fsp3) is 0.444. The van der Waals surface area contributed by atoms with Crippen molar-refractivity contribution in [2.24, 2.45) is 0 Å². The molecule has 1 aliphatic carbocycles. The molecular formula is C18H21BrN2O2S. The lowest BCUT2D eigenvalue weighted by Gasteiger charge is -2.37. The molecule has 0 saturated heterocycles. The van der Waals surface area contributed by atoms with Crippen molar-refractivity contribution in [1.29, 1.82) is 0 Å². The molecule has 3 rings (SSSR count). The zero-order chi connectivity index (χ0) is 17.3. The number of aryl methyl sites for hydroxylation is 1. The molecule has 1 saturated carbocycles. The first-order valence-corrected chi connectivity index (χ1v) is 9.67. The van der Waals surface area contributed by atoms with Gasteiger partial charge >= 0.3 is 6.09 Å². The minimum atomic E-state index is -0.845. The van der Waals surface area contributed by atoms with Crippen molar-refractivity contribution >= 4 is 33.6 Å². The summed E-state index contributed by atoms with van der Waals surface area (Å²) >= 11 is 4.98. The zero-order valence-electron chi connectivity index (χ0n) is 13.9. The molecule has 24 heavy (non-hydrogen) atoms. The van der Waals surface area contributed by atoms with Gasteiger partial charge in [-0.3, -0.25) is 0 Å². The molecule has 0 bridgehead atoms. The van der Waals surface area contributed by atoms with E-state index in [1.807, 2.05) is 19.1 Å². The maximum atomic E-state index is 11.6. The molecule has 1 N–H and O–H groups in total. The van der Waals surface area contributed by atoms with Crippen LogP contribution >= 0.6 is 27.5 Å². The maximum Gasteiger partial charge on any atom is 0.407 e. The molecule has 0 aliphatic heterocycles. The number of hydrogen-bond acceptors (Lipinski definition) is 3. The van der Waals surface area contributed by atoms with Crippen LogP contribution in [0.25, 0.3) is 10.4 Å². The minimum absolute atomic E-state index is 0.302. The summed E-state index contributed by atoms with van der Waals surface area (Å²) in [5.41, 5.74) is 3.05. The van der Waals surface area contributed by atoms with E-state index in [2.05, 4.69) is 32.4 Å². The Morgan fingerprint density at radius 3 is 2.54 bits per heavy atom. The average Bonchev–Trinajstić information content (AvgIpc) is 3.17. The van der Waals surface area contributed by atoms with Crippen LogP contribution in [0, 0.1) is 6.92 Å². The highest BCUT2D eigenvalue weighted by Crippen LogP contribution is 2.41. The van der Waals surface area contributed by atoms with Crippen molar-refractivity contribution in [3.05, 3.63) is 40.0 Å². The van der Waals surface area contributed by atoms with E-state index in [1.54, 1.807) is 7.05 Å². The maximum absolute atomic E-state index is 11.6. The van der Waals surface area contributed by atoms with Crippen LogP contribution in [0.4, 0.5) is 4.79 Å². The highest BCUT2D eigenvalue weighted by Gasteiger charge is 2.41. The highest BCUT2D eigenvalue weighted by atomic mass is 79.9. The fourth-order valence-electron chi connectivity index (χ4n) is 3.62. The summed E-state index contributed by atoms with van der Waals surface area (Å²) in [6.45, 7) is 2.03. The molecule has 1 aromatic carbocycles. The molecule has 128 valence electrons. The van der Waals surface area contributed by atoms with Crippen molar-refractivity contribution in [1.82, 2.24) is 9.27 Å². The van der Waals surface area contributed by atoms with Crippen LogP contribution in [0.2, 0.25) is 0 Å². The molecule has 1 amide bonds. The molecule has 4 nitrogen and oxygen atoms in total. The van der Waals surface area contributed by atoms with Gasteiger partial charge in [0, 0.05) is 11.5 Å². The first-order chi connectivity index (χ1) is 11.4. The number of amides is 1. The van der Waals surface area contributed by atoms with Crippen LogP contribution in [0.5, 0.6) is 0 Å². The lowest BCUT2D eigenvalue weighted by molar-refractivity contribution is 0.0952. The third kappa shape index (κ3) is 3.22. The van der Waals surface area contributed by atoms with Gasteiger partial charge in [0.2, 0.25) is 0 Å². The van der Waals surface area contributed by atoms with Crippen molar-refractivity contribution in [3.8, 4) is 10.4 Å². The van der Waals surface area contributed by atoms with E-state index in [9.17, 15) is 9.90 Å². The van der Waals surface area contributed by atoms with Gasteiger partial charge in [-0.1, -0.05) is 40.9 Å². The Labute approximate surface area is 154 Å². The van der Waals surface area contributed by atoms with Crippen molar-refractivity contribution in [3.63, 3.8) is 0 Å². The minimum Gasteiger partial charge on any atom is -0.465 e. The third-order valence-corrected chi connectivity index (χ3v) is 6.69. The van der Waals surface area contributed by atoms with Gasteiger partial charge in [-0.25, -0.2) is 4.79 Å². The van der Waals surface area contributed by atoms with Crippen LogP contribution in [0.15, 0.2) is 28.7 Å². The van der Waals surface area contributed by atoms with E-state index in [0.717, 1.165) is 52.7 Å². The smallest absolute Gasteiger partial charge is 0.407 e. The standard InChI is InChI=1S/C18H21BrN2O2S/c1-12-15(11-18(9-3-4-10-18)21(2)17(22)23)16(24-20-12)13-5-7-14(19)8-6-13/h5-8H,3-4,9-11H2,1-2H3,(H,22,23). The molecule has 0 radical (unpaired) electrons. The predicted molar refractivity (Wildman–Crippen MR) is 101 cm³/mol. The molecule has 1 fully saturated rings. The normalized spacial score (nSPS) is 16.3. The summed E-state index contributed by atoms with van der Waals surface area (Å²) in [6, 6.07) is 8.23. The lowest BCUT2D eigenvalue weighted by atomic mass is 9.86. The SMILES string of the molecule is Cc1nsc(-c2ccc(Br)cc2)c1CC1(N(C)C(=O)O)CCCC1. The molecule has 2 aromatic rings. The van der Waals surface area contributed by atoms with Gasteiger partial charge in [0.25, 0.3) is 0 Å². The molecule has 0 spiro atoms. The molecule has 1 aromatic heterocycles. The van der Waals surface area contributed by atoms with E-state index in [-0.39, 0.29) is 5.54 Å². The van der Waals surface area contributed by atoms with Gasteiger partial charge in [-0.05, 0) is 61.0 Å². The van der Waals surface area contributed by atoms with Gasteiger partial charge < -0.3 is 10.0 Å². The van der Waals surface area contributed by atoms with Crippen molar-refractivity contribution < 1.29 is 9.90 Å². The number of carbonyl (C=O) groups is 1. The summed E-state index contributed by atoms with van der Waals surface area (Å²) in [4.78, 5) is 14.3. The largest absolute Gasteiger partial charge is 0.465 e. The number of hydrogen-bond donors (Lipinski definition) is 1. The first kappa shape index (κ1) is 17.4. The summed E-state index contributed by atoms with van der Waals surface area (Å²) in [7, 11) is 1.71. The van der Waals surface area contributed by atoms with Crippen molar-refractivity contribution in [2.45, 2.75) is 44.6 Å². The number of likely N-dealkylation sites (N-methyl/N-ethyl adjacent to an activating group) is 1. The topological polar surface area (TPSA) is 53.4 Å². The number of carboxylic acid groups (broad SMARTS) is 1. The molecule has 1 heterocycles. The lowest BCUT2D eigenvalue weighted by Crippen LogP contribution is -2.48. The second kappa shape index (κ2) is 6.84. The van der Waals surface area contributed by atoms with E-state index in [1.165, 1.54) is 22.0 Å². The quantitative estimate of drug-likeness (QED) is 0.741. The Bertz CT molecular complexity index is 736. The fourth-order valence-corrected chi connectivity index (χ4v) is 4.80. The van der Waals surface area contributed by atoms with Crippen LogP contribution in [-0.4, -0.2) is 33.1 Å². The van der Waals surface area contributed by atoms with E-state index >= 15 is 0 Å². The van der Waals surface area contributed by atoms with E-state index in [4.69, 9.17) is 0 Å². The molecule has 0 atom stereocenters. The highest BCUT2D eigenvalue weighted by molar-refractivity contribution is 9.10. The Morgan fingerprint density at radius 1 is 1.33 bits per heavy atom. The second-order valence-electron chi connectivity index (χ2n) is 6.53. The van der Waals surface area contributed by atoms with Crippen LogP contribution in [0.1, 0.15) is 36.9 Å². The molecular weight excluding hydrogens is 388 g/mol. The number of nitrogens with zero attached hydrogens (tertiary/aromatic N) is 2. The first-order valence-electron chi connectivity index (χ1n) is 8.11. The van der Waals surface area contributed by atoms with Crippen LogP contribution in [-0.2, 0) is 6.42 Å². The third-order valence-electron chi connectivity index (χ3n) is 5.13. The molecule has 0 unspecified atom stereocenters. The summed E-state index contributed by atoms with van der Waals surface area (Å²) in [5, 5.41) is 9.53. The van der Waals surface area contributed by atoms with Crippen LogP contribution < -0.4 is 0 Å². The molecule has 6 heteroatoms. The Morgan fingerprint density at radius 2 is 1.96 bits per heavy atom. The second-order valence-corrected chi connectivity index (χ2v) is 8.22. The predicted octanol–water partition coefficient (Wildman–Crippen LogP) is 5.35. The monoisotopic (exact) mass is 408 g/mol. The number of halogens is 1. The van der Waals surface area contributed by atoms with Gasteiger partial charge in [0.05, 0.1) is 16.1 Å². The van der Waals surface area contributed by atoms with Crippen LogP contribution in [0.3, 0.4) is 0 Å². The van der Waals surface area contributed by atoms with E-state index < -0.39 is 6.09 Å². The van der Waals surface area contributed by atoms with Gasteiger partial charge in [0.15, 0.2) is 0 Å². The zero-order valence-corrected chi connectivity index (χ0v) is 16.3. The number of aromatic nitrogens is 1. The Kier molecular flexibility index (Phi) is 4.97.